The third-order valence-electron chi connectivity index (χ3n) is 2.72. The van der Waals surface area contributed by atoms with Crippen LogP contribution in [0.15, 0.2) is 18.2 Å². The van der Waals surface area contributed by atoms with Crippen LogP contribution in [0.2, 0.25) is 10.0 Å². The first-order valence-electron chi connectivity index (χ1n) is 6.23. The monoisotopic (exact) mass is 373 g/mol. The van der Waals surface area contributed by atoms with E-state index in [1.807, 2.05) is 0 Å². The van der Waals surface area contributed by atoms with Gasteiger partial charge in [-0.15, -0.1) is 0 Å². The fraction of sp³-hybridized carbons (Fsp3) is 0.385. The maximum absolute atomic E-state index is 12.9. The zero-order valence-corrected chi connectivity index (χ0v) is 13.2. The van der Waals surface area contributed by atoms with Gasteiger partial charge in [-0.1, -0.05) is 29.3 Å². The van der Waals surface area contributed by atoms with Crippen LogP contribution < -0.4 is 5.32 Å². The van der Waals surface area contributed by atoms with E-state index >= 15 is 0 Å². The summed E-state index contributed by atoms with van der Waals surface area (Å²) in [5, 5.41) is 11.6. The van der Waals surface area contributed by atoms with Gasteiger partial charge in [0.25, 0.3) is 5.60 Å². The van der Waals surface area contributed by atoms with Crippen molar-refractivity contribution in [1.82, 2.24) is 0 Å². The van der Waals surface area contributed by atoms with Gasteiger partial charge >= 0.3 is 12.1 Å². The smallest absolute Gasteiger partial charge is 0.428 e. The lowest BCUT2D eigenvalue weighted by molar-refractivity contribution is -0.262. The van der Waals surface area contributed by atoms with Crippen LogP contribution in [0.25, 0.3) is 0 Å². The molecule has 1 rings (SSSR count). The summed E-state index contributed by atoms with van der Waals surface area (Å²) in [6.07, 6.45) is -6.98. The number of carbonyl (C=O) groups excluding carboxylic acids is 2. The lowest BCUT2D eigenvalue weighted by Crippen LogP contribution is -2.54. The molecule has 0 unspecified atom stereocenters. The molecule has 1 atom stereocenters. The number of aliphatic hydroxyl groups is 1. The molecule has 1 amide bonds. The van der Waals surface area contributed by atoms with Gasteiger partial charge in [-0.2, -0.15) is 13.2 Å². The Hall–Kier alpha value is -1.51. The van der Waals surface area contributed by atoms with E-state index in [1.165, 1.54) is 25.1 Å². The minimum absolute atomic E-state index is 0.0578. The number of hydrogen-bond acceptors (Lipinski definition) is 4. The van der Waals surface area contributed by atoms with E-state index in [-0.39, 0.29) is 22.3 Å². The van der Waals surface area contributed by atoms with E-state index < -0.39 is 30.1 Å². The van der Waals surface area contributed by atoms with Crippen LogP contribution in [0.1, 0.15) is 13.3 Å². The van der Waals surface area contributed by atoms with Gasteiger partial charge in [0.05, 0.1) is 28.8 Å². The lowest BCUT2D eigenvalue weighted by Gasteiger charge is -2.27. The van der Waals surface area contributed by atoms with E-state index in [9.17, 15) is 27.9 Å². The molecular weight excluding hydrogens is 362 g/mol. The van der Waals surface area contributed by atoms with E-state index in [2.05, 4.69) is 10.1 Å². The molecule has 0 heterocycles. The fourth-order valence-corrected chi connectivity index (χ4v) is 1.91. The number of esters is 1. The van der Waals surface area contributed by atoms with Gasteiger partial charge in [0.1, 0.15) is 0 Å². The molecule has 10 heteroatoms. The molecule has 0 aliphatic heterocycles. The average Bonchev–Trinajstić information content (AvgIpc) is 2.42. The maximum Gasteiger partial charge on any atom is 0.428 e. The number of carbonyl (C=O) groups is 2. The van der Waals surface area contributed by atoms with Gasteiger partial charge < -0.3 is 15.2 Å². The lowest BCUT2D eigenvalue weighted by atomic mass is 9.98. The average molecular weight is 374 g/mol. The quantitative estimate of drug-likeness (QED) is 0.777. The number of amides is 1. The predicted octanol–water partition coefficient (Wildman–Crippen LogP) is 3.18. The van der Waals surface area contributed by atoms with Crippen molar-refractivity contribution in [3.63, 3.8) is 0 Å². The van der Waals surface area contributed by atoms with Crippen molar-refractivity contribution in [3.8, 4) is 0 Å². The SMILES string of the molecule is CCOC(=O)[C@@](O)(CC(=O)Nc1cccc(Cl)c1Cl)C(F)(F)F. The Morgan fingerprint density at radius 2 is 1.91 bits per heavy atom. The molecule has 0 bridgehead atoms. The second kappa shape index (κ2) is 7.37. The zero-order valence-electron chi connectivity index (χ0n) is 11.7. The second-order valence-electron chi connectivity index (χ2n) is 4.40. The first-order chi connectivity index (χ1) is 10.5. The number of nitrogens with one attached hydrogen (secondary N) is 1. The molecule has 0 fully saturated rings. The van der Waals surface area contributed by atoms with Crippen LogP contribution in [-0.4, -0.2) is 35.4 Å². The molecule has 0 spiro atoms. The zero-order chi connectivity index (χ0) is 17.8. The van der Waals surface area contributed by atoms with Crippen LogP contribution in [-0.2, 0) is 14.3 Å². The predicted molar refractivity (Wildman–Crippen MR) is 77.3 cm³/mol. The number of ether oxygens (including phenoxy) is 1. The molecule has 0 radical (unpaired) electrons. The molecule has 0 aliphatic rings. The number of halogens is 5. The van der Waals surface area contributed by atoms with E-state index in [0.29, 0.717) is 0 Å². The highest BCUT2D eigenvalue weighted by Crippen LogP contribution is 2.35. The summed E-state index contributed by atoms with van der Waals surface area (Å²) in [4.78, 5) is 23.2. The van der Waals surface area contributed by atoms with E-state index in [4.69, 9.17) is 23.2 Å². The van der Waals surface area contributed by atoms with Crippen LogP contribution in [0.5, 0.6) is 0 Å². The summed E-state index contributed by atoms with van der Waals surface area (Å²) >= 11 is 11.5. The Bertz CT molecular complexity index is 609. The van der Waals surface area contributed by atoms with Gasteiger partial charge in [0.15, 0.2) is 0 Å². The molecule has 1 aromatic rings. The Labute approximate surface area is 139 Å². The fourth-order valence-electron chi connectivity index (χ4n) is 1.57. The van der Waals surface area contributed by atoms with Crippen molar-refractivity contribution in [2.45, 2.75) is 25.1 Å². The Balaban J connectivity index is 2.98. The number of anilines is 1. The molecule has 23 heavy (non-hydrogen) atoms. The van der Waals surface area contributed by atoms with E-state index in [0.717, 1.165) is 0 Å². The molecule has 5 nitrogen and oxygen atoms in total. The highest BCUT2D eigenvalue weighted by atomic mass is 35.5. The Morgan fingerprint density at radius 1 is 1.30 bits per heavy atom. The molecule has 0 saturated heterocycles. The summed E-state index contributed by atoms with van der Waals surface area (Å²) in [5.74, 6) is -3.25. The van der Waals surface area contributed by atoms with Crippen molar-refractivity contribution in [1.29, 1.82) is 0 Å². The first-order valence-corrected chi connectivity index (χ1v) is 6.98. The van der Waals surface area contributed by atoms with Crippen molar-refractivity contribution in [2.24, 2.45) is 0 Å². The summed E-state index contributed by atoms with van der Waals surface area (Å²) in [7, 11) is 0. The van der Waals surface area contributed by atoms with Gasteiger partial charge in [-0.25, -0.2) is 4.79 Å². The highest BCUT2D eigenvalue weighted by molar-refractivity contribution is 6.44. The van der Waals surface area contributed by atoms with Crippen molar-refractivity contribution < 1.29 is 32.6 Å². The normalized spacial score (nSPS) is 14.0. The van der Waals surface area contributed by atoms with Crippen LogP contribution in [0.3, 0.4) is 0 Å². The summed E-state index contributed by atoms with van der Waals surface area (Å²) in [6, 6.07) is 4.11. The van der Waals surface area contributed by atoms with Gasteiger partial charge in [0.2, 0.25) is 5.91 Å². The molecule has 0 aliphatic carbocycles. The van der Waals surface area contributed by atoms with Gasteiger partial charge in [-0.05, 0) is 19.1 Å². The Kier molecular flexibility index (Phi) is 6.26. The van der Waals surface area contributed by atoms with Gasteiger partial charge in [-0.3, -0.25) is 4.79 Å². The van der Waals surface area contributed by atoms with Crippen LogP contribution in [0, 0.1) is 0 Å². The maximum atomic E-state index is 12.9. The molecule has 2 N–H and O–H groups in total. The van der Waals surface area contributed by atoms with Crippen LogP contribution in [0.4, 0.5) is 18.9 Å². The molecule has 0 saturated carbocycles. The standard InChI is InChI=1S/C13H12Cl2F3NO4/c1-2-23-11(21)12(22,13(16,17)18)6-9(20)19-8-5-3-4-7(14)10(8)15/h3-5,22H,2,6H2,1H3,(H,19,20)/t12-/m0/s1. The topological polar surface area (TPSA) is 75.6 Å². The first kappa shape index (κ1) is 19.5. The summed E-state index contributed by atoms with van der Waals surface area (Å²) in [5.41, 5.74) is -4.02. The van der Waals surface area contributed by atoms with Crippen LogP contribution >= 0.6 is 23.2 Å². The molecular formula is C13H12Cl2F3NO4. The van der Waals surface area contributed by atoms with Crippen molar-refractivity contribution in [3.05, 3.63) is 28.2 Å². The highest BCUT2D eigenvalue weighted by Gasteiger charge is 2.61. The number of rotatable bonds is 5. The third-order valence-corrected chi connectivity index (χ3v) is 3.54. The molecule has 0 aromatic heterocycles. The molecule has 1 aromatic carbocycles. The summed E-state index contributed by atoms with van der Waals surface area (Å²) < 4.78 is 43.0. The largest absolute Gasteiger partial charge is 0.464 e. The minimum atomic E-state index is -5.39. The number of alkyl halides is 3. The Morgan fingerprint density at radius 3 is 2.43 bits per heavy atom. The third kappa shape index (κ3) is 4.49. The van der Waals surface area contributed by atoms with Crippen molar-refractivity contribution >= 4 is 40.8 Å². The van der Waals surface area contributed by atoms with Gasteiger partial charge in [0, 0.05) is 0 Å². The second-order valence-corrected chi connectivity index (χ2v) is 5.19. The van der Waals surface area contributed by atoms with Crippen molar-refractivity contribution in [2.75, 3.05) is 11.9 Å². The summed E-state index contributed by atoms with van der Waals surface area (Å²) in [6.45, 7) is 0.874. The minimum Gasteiger partial charge on any atom is -0.464 e. The number of hydrogen-bond donors (Lipinski definition) is 2. The molecule has 128 valence electrons. The number of benzene rings is 1. The van der Waals surface area contributed by atoms with E-state index in [1.54, 1.807) is 0 Å².